The number of carbonyl (C=O) groups excluding carboxylic acids is 1. The highest BCUT2D eigenvalue weighted by atomic mass is 19.1. The van der Waals surface area contributed by atoms with Crippen LogP contribution in [-0.4, -0.2) is 25.8 Å². The highest BCUT2D eigenvalue weighted by Gasteiger charge is 2.19. The molecule has 0 radical (unpaired) electrons. The Kier molecular flexibility index (Phi) is 4.95. The monoisotopic (exact) mass is 427 g/mol. The second kappa shape index (κ2) is 8.07. The maximum absolute atomic E-state index is 13.4. The highest BCUT2D eigenvalue weighted by Crippen LogP contribution is 2.28. The van der Waals surface area contributed by atoms with E-state index in [1.165, 1.54) is 18.2 Å². The molecule has 0 unspecified atom stereocenters. The van der Waals surface area contributed by atoms with Crippen LogP contribution in [-0.2, 0) is 11.3 Å². The van der Waals surface area contributed by atoms with Gasteiger partial charge in [0.2, 0.25) is 11.7 Å². The van der Waals surface area contributed by atoms with E-state index in [0.717, 1.165) is 22.0 Å². The van der Waals surface area contributed by atoms with E-state index in [4.69, 9.17) is 4.52 Å². The molecule has 0 aliphatic rings. The Labute approximate surface area is 182 Å². The van der Waals surface area contributed by atoms with Crippen molar-refractivity contribution in [3.8, 4) is 23.0 Å². The van der Waals surface area contributed by atoms with Crippen molar-refractivity contribution in [2.45, 2.75) is 13.5 Å². The van der Waals surface area contributed by atoms with Gasteiger partial charge in [0.25, 0.3) is 5.89 Å². The van der Waals surface area contributed by atoms with Crippen LogP contribution in [0.2, 0.25) is 0 Å². The summed E-state index contributed by atoms with van der Waals surface area (Å²) in [6.45, 7) is 1.93. The topological polar surface area (TPSA) is 85.8 Å². The molecule has 0 bridgehead atoms. The molecule has 32 heavy (non-hydrogen) atoms. The molecule has 2 heterocycles. The Morgan fingerprint density at radius 1 is 1.06 bits per heavy atom. The number of aromatic nitrogens is 4. The average molecular weight is 427 g/mol. The molecule has 8 heteroatoms. The number of halogens is 1. The van der Waals surface area contributed by atoms with Crippen molar-refractivity contribution in [1.82, 2.24) is 19.9 Å². The lowest BCUT2D eigenvalue weighted by Gasteiger charge is -2.06. The Balaban J connectivity index is 1.46. The molecular formula is C24H18FN5O2. The summed E-state index contributed by atoms with van der Waals surface area (Å²) in [4.78, 5) is 17.1. The van der Waals surface area contributed by atoms with Crippen molar-refractivity contribution >= 4 is 22.5 Å². The molecule has 0 aliphatic heterocycles. The van der Waals surface area contributed by atoms with Crippen molar-refractivity contribution in [3.05, 3.63) is 84.2 Å². The average Bonchev–Trinajstić information content (AvgIpc) is 3.39. The third-order valence-corrected chi connectivity index (χ3v) is 4.96. The van der Waals surface area contributed by atoms with E-state index >= 15 is 0 Å². The first-order valence-electron chi connectivity index (χ1n) is 9.99. The summed E-state index contributed by atoms with van der Waals surface area (Å²) in [7, 11) is 0. The van der Waals surface area contributed by atoms with Crippen LogP contribution in [0.1, 0.15) is 5.56 Å². The number of para-hydroxylation sites is 1. The number of amides is 1. The molecule has 3 aromatic carbocycles. The van der Waals surface area contributed by atoms with E-state index in [1.807, 2.05) is 55.5 Å². The minimum absolute atomic E-state index is 0.0596. The second-order valence-corrected chi connectivity index (χ2v) is 7.37. The van der Waals surface area contributed by atoms with Crippen LogP contribution in [0.3, 0.4) is 0 Å². The van der Waals surface area contributed by atoms with Crippen molar-refractivity contribution < 1.29 is 13.7 Å². The number of fused-ring (bicyclic) bond motifs is 1. The molecule has 2 aromatic heterocycles. The van der Waals surface area contributed by atoms with Gasteiger partial charge in [-0.2, -0.15) is 10.1 Å². The van der Waals surface area contributed by atoms with Crippen LogP contribution in [0.15, 0.2) is 77.3 Å². The number of nitrogens with zero attached hydrogens (tertiary/aromatic N) is 4. The molecule has 0 spiro atoms. The van der Waals surface area contributed by atoms with E-state index in [2.05, 4.69) is 20.6 Å². The standard InChI is InChI=1S/C24H18FN5O2/c1-15-6-4-7-16(12-15)23-27-24(32-29-23)22-19-10-2-3-11-20(19)30(28-22)14-21(31)26-18-9-5-8-17(25)13-18/h2-13H,14H2,1H3,(H,26,31). The summed E-state index contributed by atoms with van der Waals surface area (Å²) in [5.41, 5.74) is 3.55. The Morgan fingerprint density at radius 3 is 2.75 bits per heavy atom. The van der Waals surface area contributed by atoms with E-state index in [0.29, 0.717) is 17.2 Å². The van der Waals surface area contributed by atoms with E-state index in [1.54, 1.807) is 10.7 Å². The Morgan fingerprint density at radius 2 is 1.91 bits per heavy atom. The molecule has 5 aromatic rings. The number of hydrogen-bond acceptors (Lipinski definition) is 5. The summed E-state index contributed by atoms with van der Waals surface area (Å²) < 4.78 is 20.5. The highest BCUT2D eigenvalue weighted by molar-refractivity contribution is 5.94. The van der Waals surface area contributed by atoms with Gasteiger partial charge < -0.3 is 9.84 Å². The van der Waals surface area contributed by atoms with Gasteiger partial charge in [0.1, 0.15) is 12.4 Å². The van der Waals surface area contributed by atoms with Gasteiger partial charge in [-0.25, -0.2) is 4.39 Å². The summed E-state index contributed by atoms with van der Waals surface area (Å²) in [5.74, 6) is -0.0232. The number of hydrogen-bond donors (Lipinski definition) is 1. The van der Waals surface area contributed by atoms with Crippen molar-refractivity contribution in [2.75, 3.05) is 5.32 Å². The third-order valence-electron chi connectivity index (χ3n) is 4.96. The minimum atomic E-state index is -0.421. The first kappa shape index (κ1) is 19.6. The lowest BCUT2D eigenvalue weighted by Crippen LogP contribution is -2.19. The third kappa shape index (κ3) is 3.85. The minimum Gasteiger partial charge on any atom is -0.332 e. The predicted octanol–water partition coefficient (Wildman–Crippen LogP) is 4.84. The van der Waals surface area contributed by atoms with Gasteiger partial charge in [-0.15, -0.1) is 0 Å². The maximum atomic E-state index is 13.4. The number of aryl methyl sites for hydroxylation is 1. The molecule has 5 rings (SSSR count). The Hall–Kier alpha value is -4.33. The summed E-state index contributed by atoms with van der Waals surface area (Å²) >= 11 is 0. The number of anilines is 1. The molecule has 0 atom stereocenters. The van der Waals surface area contributed by atoms with Crippen LogP contribution in [0.4, 0.5) is 10.1 Å². The first-order valence-corrected chi connectivity index (χ1v) is 9.99. The largest absolute Gasteiger partial charge is 0.332 e. The number of rotatable bonds is 5. The fourth-order valence-electron chi connectivity index (χ4n) is 3.53. The molecule has 0 fully saturated rings. The van der Waals surface area contributed by atoms with Gasteiger partial charge in [0.15, 0.2) is 5.69 Å². The quantitative estimate of drug-likeness (QED) is 0.434. The molecule has 0 aliphatic carbocycles. The van der Waals surface area contributed by atoms with E-state index in [-0.39, 0.29) is 18.3 Å². The van der Waals surface area contributed by atoms with Crippen molar-refractivity contribution in [1.29, 1.82) is 0 Å². The van der Waals surface area contributed by atoms with Gasteiger partial charge in [-0.3, -0.25) is 9.48 Å². The molecular weight excluding hydrogens is 409 g/mol. The molecule has 7 nitrogen and oxygen atoms in total. The van der Waals surface area contributed by atoms with Crippen molar-refractivity contribution in [3.63, 3.8) is 0 Å². The van der Waals surface area contributed by atoms with Gasteiger partial charge >= 0.3 is 0 Å². The lowest BCUT2D eigenvalue weighted by molar-refractivity contribution is -0.116. The normalized spacial score (nSPS) is 11.1. The smallest absolute Gasteiger partial charge is 0.279 e. The van der Waals surface area contributed by atoms with Crippen LogP contribution >= 0.6 is 0 Å². The molecule has 0 saturated carbocycles. The molecule has 158 valence electrons. The fraction of sp³-hybridized carbons (Fsp3) is 0.0833. The number of carbonyl (C=O) groups is 1. The first-order chi connectivity index (χ1) is 15.6. The molecule has 0 saturated heterocycles. The van der Waals surface area contributed by atoms with Gasteiger partial charge in [-0.05, 0) is 37.3 Å². The van der Waals surface area contributed by atoms with Crippen LogP contribution in [0, 0.1) is 12.7 Å². The lowest BCUT2D eigenvalue weighted by atomic mass is 10.1. The van der Waals surface area contributed by atoms with Crippen LogP contribution in [0.25, 0.3) is 33.9 Å². The van der Waals surface area contributed by atoms with E-state index < -0.39 is 5.82 Å². The molecule has 1 amide bonds. The zero-order valence-corrected chi connectivity index (χ0v) is 17.1. The SMILES string of the molecule is Cc1cccc(-c2noc(-c3nn(CC(=O)Nc4cccc(F)c4)c4ccccc34)n2)c1. The summed E-state index contributed by atoms with van der Waals surface area (Å²) in [6.07, 6.45) is 0. The zero-order chi connectivity index (χ0) is 22.1. The fourth-order valence-corrected chi connectivity index (χ4v) is 3.53. The van der Waals surface area contributed by atoms with E-state index in [9.17, 15) is 9.18 Å². The second-order valence-electron chi connectivity index (χ2n) is 7.37. The maximum Gasteiger partial charge on any atom is 0.279 e. The predicted molar refractivity (Wildman–Crippen MR) is 118 cm³/mol. The van der Waals surface area contributed by atoms with Crippen LogP contribution < -0.4 is 5.32 Å². The van der Waals surface area contributed by atoms with Gasteiger partial charge in [0, 0.05) is 16.6 Å². The number of nitrogens with one attached hydrogen (secondary N) is 1. The molecule has 1 N–H and O–H groups in total. The zero-order valence-electron chi connectivity index (χ0n) is 17.1. The summed E-state index contributed by atoms with van der Waals surface area (Å²) in [5, 5.41) is 12.1. The Bertz CT molecular complexity index is 1440. The summed E-state index contributed by atoms with van der Waals surface area (Å²) in [6, 6.07) is 21.0. The van der Waals surface area contributed by atoms with Crippen molar-refractivity contribution in [2.24, 2.45) is 0 Å². The van der Waals surface area contributed by atoms with Gasteiger partial charge in [0.05, 0.1) is 5.52 Å². The van der Waals surface area contributed by atoms with Gasteiger partial charge in [-0.1, -0.05) is 53.2 Å². The van der Waals surface area contributed by atoms with Crippen LogP contribution in [0.5, 0.6) is 0 Å². The number of benzene rings is 3.